The first-order chi connectivity index (χ1) is 20.4. The summed E-state index contributed by atoms with van der Waals surface area (Å²) in [5.74, 6) is -1.75. The van der Waals surface area contributed by atoms with E-state index in [2.05, 4.69) is 45.9 Å². The summed E-state index contributed by atoms with van der Waals surface area (Å²) in [6.45, 7) is 12.0. The molecule has 0 spiro atoms. The quantitative estimate of drug-likeness (QED) is 0.149. The topological polar surface area (TPSA) is 158 Å². The molecule has 0 aromatic carbocycles. The van der Waals surface area contributed by atoms with Gasteiger partial charge in [0.15, 0.2) is 0 Å². The van der Waals surface area contributed by atoms with E-state index in [9.17, 15) is 24.9 Å². The highest BCUT2D eigenvalue weighted by molar-refractivity contribution is 5.70. The number of aromatic amines is 4. The Morgan fingerprint density at radius 2 is 1.09 bits per heavy atom. The fourth-order valence-electron chi connectivity index (χ4n) is 6.43. The lowest BCUT2D eigenvalue weighted by molar-refractivity contribution is -0.138. The van der Waals surface area contributed by atoms with Crippen LogP contribution in [0.25, 0.3) is 24.3 Å². The molecule has 4 aromatic rings. The summed E-state index contributed by atoms with van der Waals surface area (Å²) in [6, 6.07) is 0. The molecule has 0 saturated heterocycles. The molecule has 1 aliphatic rings. The van der Waals surface area contributed by atoms with E-state index >= 15 is 0 Å². The Balaban J connectivity index is 1.92. The molecule has 7 N–H and O–H groups in total. The Morgan fingerprint density at radius 3 is 1.67 bits per heavy atom. The van der Waals surface area contributed by atoms with Gasteiger partial charge in [0.05, 0.1) is 6.10 Å². The third kappa shape index (κ3) is 5.64. The molecule has 43 heavy (non-hydrogen) atoms. The van der Waals surface area contributed by atoms with E-state index in [1.165, 1.54) is 5.56 Å². The summed E-state index contributed by atoms with van der Waals surface area (Å²) in [4.78, 5) is 37.3. The van der Waals surface area contributed by atoms with Crippen LogP contribution in [0.5, 0.6) is 0 Å². The minimum absolute atomic E-state index is 0.00927. The Bertz CT molecular complexity index is 2000. The van der Waals surface area contributed by atoms with Crippen molar-refractivity contribution in [1.29, 1.82) is 0 Å². The van der Waals surface area contributed by atoms with Gasteiger partial charge in [-0.2, -0.15) is 0 Å². The van der Waals surface area contributed by atoms with E-state index in [0.717, 1.165) is 89.5 Å². The van der Waals surface area contributed by atoms with Gasteiger partial charge in [0, 0.05) is 62.6 Å². The number of aliphatic carboxylic acids is 2. The molecule has 9 heteroatoms. The summed E-state index contributed by atoms with van der Waals surface area (Å²) in [5.41, 5.74) is 11.3. The average Bonchev–Trinajstić information content (AvgIpc) is 3.59. The summed E-state index contributed by atoms with van der Waals surface area (Å²) in [6.07, 6.45) is 8.88. The van der Waals surface area contributed by atoms with E-state index in [1.54, 1.807) is 6.92 Å². The molecule has 5 heterocycles. The first-order valence-electron chi connectivity index (χ1n) is 14.8. The number of carboxylic acids is 2. The molecule has 0 fully saturated rings. The molecule has 1 unspecified atom stereocenters. The van der Waals surface area contributed by atoms with Crippen LogP contribution >= 0.6 is 0 Å². The number of hydrogen-bond donors (Lipinski definition) is 7. The second-order valence-electron chi connectivity index (χ2n) is 11.6. The molecule has 1 atom stereocenters. The molecule has 1 aliphatic heterocycles. The maximum atomic E-state index is 11.6. The normalized spacial score (nSPS) is 13.1. The van der Waals surface area contributed by atoms with Gasteiger partial charge in [-0.3, -0.25) is 9.59 Å². The molecular formula is C34H40N4O5. The lowest BCUT2D eigenvalue weighted by atomic mass is 10.0. The van der Waals surface area contributed by atoms with Crippen molar-refractivity contribution in [2.75, 3.05) is 0 Å². The maximum absolute atomic E-state index is 11.6. The molecule has 0 saturated carbocycles. The minimum Gasteiger partial charge on any atom is -0.481 e. The summed E-state index contributed by atoms with van der Waals surface area (Å²) < 4.78 is 0. The van der Waals surface area contributed by atoms with E-state index in [-0.39, 0.29) is 12.8 Å². The van der Waals surface area contributed by atoms with Crippen molar-refractivity contribution in [3.05, 3.63) is 88.7 Å². The van der Waals surface area contributed by atoms with Crippen LogP contribution in [-0.2, 0) is 28.9 Å². The van der Waals surface area contributed by atoms with Gasteiger partial charge < -0.3 is 35.3 Å². The fourth-order valence-corrected chi connectivity index (χ4v) is 6.43. The Kier molecular flexibility index (Phi) is 8.12. The lowest BCUT2D eigenvalue weighted by Crippen LogP contribution is -2.14. The van der Waals surface area contributed by atoms with Gasteiger partial charge in [0.1, 0.15) is 0 Å². The number of aliphatic hydroxyl groups is 1. The molecule has 0 radical (unpaired) electrons. The summed E-state index contributed by atoms with van der Waals surface area (Å²) in [7, 11) is 0. The molecule has 226 valence electrons. The van der Waals surface area contributed by atoms with Crippen LogP contribution in [0, 0.1) is 27.7 Å². The monoisotopic (exact) mass is 584 g/mol. The van der Waals surface area contributed by atoms with Gasteiger partial charge in [-0.15, -0.1) is 0 Å². The smallest absolute Gasteiger partial charge is 0.303 e. The van der Waals surface area contributed by atoms with E-state index in [1.807, 2.05) is 32.9 Å². The van der Waals surface area contributed by atoms with Crippen LogP contribution < -0.4 is 21.4 Å². The van der Waals surface area contributed by atoms with Gasteiger partial charge >= 0.3 is 11.9 Å². The lowest BCUT2D eigenvalue weighted by Gasteiger charge is -2.03. The van der Waals surface area contributed by atoms with Crippen LogP contribution in [-0.4, -0.2) is 47.2 Å². The van der Waals surface area contributed by atoms with Crippen LogP contribution in [0.3, 0.4) is 0 Å². The number of aliphatic hydroxyl groups excluding tert-OH is 1. The van der Waals surface area contributed by atoms with Gasteiger partial charge in [-0.25, -0.2) is 0 Å². The highest BCUT2D eigenvalue weighted by Gasteiger charge is 2.18. The zero-order valence-corrected chi connectivity index (χ0v) is 25.6. The highest BCUT2D eigenvalue weighted by atomic mass is 16.4. The van der Waals surface area contributed by atoms with Crippen molar-refractivity contribution in [2.24, 2.45) is 0 Å². The van der Waals surface area contributed by atoms with Gasteiger partial charge in [0.25, 0.3) is 0 Å². The number of H-pyrrole nitrogens is 4. The maximum Gasteiger partial charge on any atom is 0.303 e. The van der Waals surface area contributed by atoms with Crippen LogP contribution in [0.15, 0.2) is 0 Å². The zero-order valence-electron chi connectivity index (χ0n) is 25.6. The predicted octanol–water partition coefficient (Wildman–Crippen LogP) is 2.51. The predicted molar refractivity (Wildman–Crippen MR) is 167 cm³/mol. The van der Waals surface area contributed by atoms with Crippen LogP contribution in [0.4, 0.5) is 0 Å². The Hall–Kier alpha value is -4.50. The fraction of sp³-hybridized carbons (Fsp3) is 0.353. The Morgan fingerprint density at radius 1 is 0.628 bits per heavy atom. The molecule has 4 aromatic heterocycles. The third-order valence-electron chi connectivity index (χ3n) is 8.82. The number of fused-ring (bicyclic) bond motifs is 8. The SMILES string of the molecule is CCc1c2[nH]c(c1C)C=c1[nH]c(c(CCC(=O)O)c1C)=Cc1[nH]c(c(C)c1CCC(=O)O)C=c1[nH]c(c(C)c1C(C)O)=C2. The second-order valence-corrected chi connectivity index (χ2v) is 11.6. The number of carbonyl (C=O) groups is 2. The van der Waals surface area contributed by atoms with Crippen molar-refractivity contribution in [3.8, 4) is 0 Å². The summed E-state index contributed by atoms with van der Waals surface area (Å²) in [5, 5.41) is 33.1. The standard InChI is InChI=1S/C34H40N4O5/c1-7-21-16(2)24-12-25-17(3)22(8-10-32(40)41)29(36-25)15-30-23(9-11-33(42)43)18(4)26(37-30)14-31-34(20(6)39)19(5)27(38-31)13-28(21)35-24/h12-15,20,35-39H,7-11H2,1-6H3,(H,40,41)(H,42,43). The number of carboxylic acid groups (broad SMARTS) is 2. The Labute approximate surface area is 249 Å². The number of hydrogen-bond acceptors (Lipinski definition) is 3. The van der Waals surface area contributed by atoms with Crippen molar-refractivity contribution >= 4 is 36.2 Å². The van der Waals surface area contributed by atoms with Gasteiger partial charge in [-0.05, 0) is 117 Å². The number of rotatable bonds is 8. The van der Waals surface area contributed by atoms with E-state index in [0.29, 0.717) is 12.8 Å². The van der Waals surface area contributed by atoms with Crippen LogP contribution in [0.1, 0.15) is 100 Å². The van der Waals surface area contributed by atoms with E-state index in [4.69, 9.17) is 0 Å². The summed E-state index contributed by atoms with van der Waals surface area (Å²) >= 11 is 0. The number of aromatic nitrogens is 4. The minimum atomic E-state index is -0.881. The second kappa shape index (κ2) is 11.6. The molecule has 5 rings (SSSR count). The molecule has 8 bridgehead atoms. The van der Waals surface area contributed by atoms with Crippen molar-refractivity contribution in [3.63, 3.8) is 0 Å². The van der Waals surface area contributed by atoms with Gasteiger partial charge in [-0.1, -0.05) is 6.92 Å². The largest absolute Gasteiger partial charge is 0.481 e. The highest BCUT2D eigenvalue weighted by Crippen LogP contribution is 2.24. The molecule has 0 aliphatic carbocycles. The van der Waals surface area contributed by atoms with Crippen molar-refractivity contribution < 1.29 is 24.9 Å². The zero-order chi connectivity index (χ0) is 31.2. The molecular weight excluding hydrogens is 544 g/mol. The number of nitrogens with one attached hydrogen (secondary N) is 4. The molecule has 9 nitrogen and oxygen atoms in total. The molecule has 0 amide bonds. The van der Waals surface area contributed by atoms with Crippen molar-refractivity contribution in [1.82, 2.24) is 19.9 Å². The van der Waals surface area contributed by atoms with E-state index < -0.39 is 18.0 Å². The van der Waals surface area contributed by atoms with Crippen LogP contribution in [0.2, 0.25) is 0 Å². The average molecular weight is 585 g/mol. The third-order valence-corrected chi connectivity index (χ3v) is 8.82. The van der Waals surface area contributed by atoms with Crippen molar-refractivity contribution in [2.45, 2.75) is 79.8 Å². The van der Waals surface area contributed by atoms with Gasteiger partial charge in [0.2, 0.25) is 0 Å². The first kappa shape index (κ1) is 30.0. The first-order valence-corrected chi connectivity index (χ1v) is 14.8.